The van der Waals surface area contributed by atoms with Gasteiger partial charge in [-0.2, -0.15) is 0 Å². The number of carbonyl (C=O) groups is 2. The molecule has 1 N–H and O–H groups in total. The van der Waals surface area contributed by atoms with Gasteiger partial charge < -0.3 is 15.0 Å². The van der Waals surface area contributed by atoms with Crippen LogP contribution >= 0.6 is 11.6 Å². The Hall–Kier alpha value is -2.53. The van der Waals surface area contributed by atoms with Crippen LogP contribution in [0.2, 0.25) is 5.02 Å². The zero-order valence-corrected chi connectivity index (χ0v) is 15.3. The van der Waals surface area contributed by atoms with Crippen LogP contribution in [-0.2, 0) is 16.0 Å². The van der Waals surface area contributed by atoms with Gasteiger partial charge in [-0.25, -0.2) is 0 Å². The Bertz CT molecular complexity index is 809. The van der Waals surface area contributed by atoms with Gasteiger partial charge in [0, 0.05) is 19.5 Å². The van der Waals surface area contributed by atoms with E-state index in [4.69, 9.17) is 16.3 Å². The lowest BCUT2D eigenvalue weighted by Gasteiger charge is -2.18. The first-order valence-electron chi connectivity index (χ1n) is 8.54. The maximum absolute atomic E-state index is 12.4. The molecule has 1 aliphatic rings. The van der Waals surface area contributed by atoms with Gasteiger partial charge in [0.25, 0.3) is 0 Å². The molecule has 1 unspecified atom stereocenters. The molecule has 136 valence electrons. The summed E-state index contributed by atoms with van der Waals surface area (Å²) in [5.74, 6) is 0.255. The minimum absolute atomic E-state index is 0.0806. The molecule has 0 spiro atoms. The van der Waals surface area contributed by atoms with E-state index >= 15 is 0 Å². The van der Waals surface area contributed by atoms with E-state index in [0.717, 1.165) is 11.3 Å². The number of rotatable bonds is 6. The van der Waals surface area contributed by atoms with Gasteiger partial charge in [0.15, 0.2) is 0 Å². The van der Waals surface area contributed by atoms with Crippen molar-refractivity contribution in [3.63, 3.8) is 0 Å². The Labute approximate surface area is 157 Å². The molecule has 0 aliphatic carbocycles. The van der Waals surface area contributed by atoms with E-state index in [0.29, 0.717) is 30.2 Å². The lowest BCUT2D eigenvalue weighted by molar-refractivity contribution is -0.126. The van der Waals surface area contributed by atoms with Crippen molar-refractivity contribution in [3.8, 4) is 5.75 Å². The summed E-state index contributed by atoms with van der Waals surface area (Å²) >= 11 is 6.17. The number of anilines is 1. The second-order valence-electron chi connectivity index (χ2n) is 6.21. The minimum atomic E-state index is -0.364. The average Bonchev–Trinajstić information content (AvgIpc) is 3.04. The summed E-state index contributed by atoms with van der Waals surface area (Å²) in [5, 5.41) is 3.44. The second-order valence-corrected chi connectivity index (χ2v) is 6.62. The molecular formula is C20H21ClN2O3. The van der Waals surface area contributed by atoms with Gasteiger partial charge >= 0.3 is 0 Å². The van der Waals surface area contributed by atoms with Gasteiger partial charge in [-0.3, -0.25) is 9.59 Å². The summed E-state index contributed by atoms with van der Waals surface area (Å²) in [6, 6.07) is 14.9. The van der Waals surface area contributed by atoms with E-state index in [9.17, 15) is 9.59 Å². The van der Waals surface area contributed by atoms with Gasteiger partial charge in [-0.1, -0.05) is 41.9 Å². The molecule has 3 rings (SSSR count). The number of ether oxygens (including phenoxy) is 1. The number of nitrogens with one attached hydrogen (secondary N) is 1. The summed E-state index contributed by atoms with van der Waals surface area (Å²) in [6.45, 7) is 0.846. The summed E-state index contributed by atoms with van der Waals surface area (Å²) in [5.41, 5.74) is 1.69. The third kappa shape index (κ3) is 3.99. The van der Waals surface area contributed by atoms with E-state index < -0.39 is 0 Å². The molecule has 1 fully saturated rings. The van der Waals surface area contributed by atoms with E-state index in [1.807, 2.05) is 36.4 Å². The predicted octanol–water partition coefficient (Wildman–Crippen LogP) is 3.06. The highest BCUT2D eigenvalue weighted by atomic mass is 35.5. The van der Waals surface area contributed by atoms with Crippen molar-refractivity contribution < 1.29 is 14.3 Å². The Morgan fingerprint density at radius 2 is 1.96 bits per heavy atom. The minimum Gasteiger partial charge on any atom is -0.496 e. The monoisotopic (exact) mass is 372 g/mol. The Morgan fingerprint density at radius 1 is 1.23 bits per heavy atom. The third-order valence-electron chi connectivity index (χ3n) is 4.53. The highest BCUT2D eigenvalue weighted by molar-refractivity contribution is 6.33. The van der Waals surface area contributed by atoms with Crippen LogP contribution in [0.15, 0.2) is 48.5 Å². The zero-order valence-electron chi connectivity index (χ0n) is 14.6. The van der Waals surface area contributed by atoms with Crippen LogP contribution in [0.3, 0.4) is 0 Å². The van der Waals surface area contributed by atoms with Crippen LogP contribution in [-0.4, -0.2) is 32.0 Å². The quantitative estimate of drug-likeness (QED) is 0.847. The first kappa shape index (κ1) is 18.3. The summed E-state index contributed by atoms with van der Waals surface area (Å²) in [6.07, 6.45) is 0.871. The van der Waals surface area contributed by atoms with Crippen molar-refractivity contribution in [3.05, 3.63) is 59.1 Å². The standard InChI is InChI=1S/C20H21ClN2O3/c1-26-18-9-5-2-6-14(18)10-11-22-20(25)15-12-19(24)23(13-15)17-8-4-3-7-16(17)21/h2-9,15H,10-13H2,1H3,(H,22,25). The molecule has 6 heteroatoms. The number of hydrogen-bond acceptors (Lipinski definition) is 3. The van der Waals surface area contributed by atoms with Gasteiger partial charge in [0.1, 0.15) is 5.75 Å². The van der Waals surface area contributed by atoms with Crippen LogP contribution < -0.4 is 15.0 Å². The Kier molecular flexibility index (Phi) is 5.78. The van der Waals surface area contributed by atoms with Crippen molar-refractivity contribution in [2.45, 2.75) is 12.8 Å². The molecule has 1 atom stereocenters. The van der Waals surface area contributed by atoms with Crippen LogP contribution in [0.25, 0.3) is 0 Å². The number of carbonyl (C=O) groups excluding carboxylic acids is 2. The first-order chi connectivity index (χ1) is 12.6. The highest BCUT2D eigenvalue weighted by Gasteiger charge is 2.35. The molecule has 0 radical (unpaired) electrons. The van der Waals surface area contributed by atoms with Gasteiger partial charge in [0.05, 0.1) is 23.7 Å². The number of hydrogen-bond donors (Lipinski definition) is 1. The average molecular weight is 373 g/mol. The van der Waals surface area contributed by atoms with E-state index in [1.165, 1.54) is 0 Å². The molecule has 0 saturated carbocycles. The lowest BCUT2D eigenvalue weighted by Crippen LogP contribution is -2.34. The largest absolute Gasteiger partial charge is 0.496 e. The van der Waals surface area contributed by atoms with Crippen molar-refractivity contribution in [2.75, 3.05) is 25.1 Å². The normalized spacial score (nSPS) is 16.6. The molecule has 0 aromatic heterocycles. The first-order valence-corrected chi connectivity index (χ1v) is 8.92. The van der Waals surface area contributed by atoms with Crippen LogP contribution in [0.1, 0.15) is 12.0 Å². The fourth-order valence-corrected chi connectivity index (χ4v) is 3.40. The Morgan fingerprint density at radius 3 is 2.73 bits per heavy atom. The molecule has 1 aliphatic heterocycles. The van der Waals surface area contributed by atoms with Gasteiger partial charge in [-0.05, 0) is 30.2 Å². The van der Waals surface area contributed by atoms with Gasteiger partial charge in [-0.15, -0.1) is 0 Å². The maximum Gasteiger partial charge on any atom is 0.227 e. The zero-order chi connectivity index (χ0) is 18.5. The number of amides is 2. The summed E-state index contributed by atoms with van der Waals surface area (Å²) in [4.78, 5) is 26.3. The molecule has 2 amide bonds. The number of benzene rings is 2. The van der Waals surface area contributed by atoms with E-state index in [-0.39, 0.29) is 24.2 Å². The fourth-order valence-electron chi connectivity index (χ4n) is 3.16. The van der Waals surface area contributed by atoms with Crippen molar-refractivity contribution in [1.29, 1.82) is 0 Å². The van der Waals surface area contributed by atoms with Gasteiger partial charge in [0.2, 0.25) is 11.8 Å². The van der Waals surface area contributed by atoms with Crippen LogP contribution in [0.4, 0.5) is 5.69 Å². The number of nitrogens with zero attached hydrogens (tertiary/aromatic N) is 1. The molecule has 0 bridgehead atoms. The summed E-state index contributed by atoms with van der Waals surface area (Å²) in [7, 11) is 1.63. The fraction of sp³-hybridized carbons (Fsp3) is 0.300. The topological polar surface area (TPSA) is 58.6 Å². The van der Waals surface area contributed by atoms with Crippen molar-refractivity contribution >= 4 is 29.1 Å². The molecule has 26 heavy (non-hydrogen) atoms. The highest BCUT2D eigenvalue weighted by Crippen LogP contribution is 2.31. The Balaban J connectivity index is 1.56. The molecule has 1 saturated heterocycles. The third-order valence-corrected chi connectivity index (χ3v) is 4.84. The number of methoxy groups -OCH3 is 1. The van der Waals surface area contributed by atoms with Crippen molar-refractivity contribution in [2.24, 2.45) is 5.92 Å². The van der Waals surface area contributed by atoms with E-state index in [1.54, 1.807) is 24.1 Å². The van der Waals surface area contributed by atoms with E-state index in [2.05, 4.69) is 5.32 Å². The molecule has 2 aromatic rings. The van der Waals surface area contributed by atoms with Crippen LogP contribution in [0.5, 0.6) is 5.75 Å². The molecule has 1 heterocycles. The number of halogens is 1. The molecular weight excluding hydrogens is 352 g/mol. The maximum atomic E-state index is 12.4. The molecule has 2 aromatic carbocycles. The predicted molar refractivity (Wildman–Crippen MR) is 102 cm³/mol. The van der Waals surface area contributed by atoms with Crippen molar-refractivity contribution in [1.82, 2.24) is 5.32 Å². The summed E-state index contributed by atoms with van der Waals surface area (Å²) < 4.78 is 5.31. The lowest BCUT2D eigenvalue weighted by atomic mass is 10.1. The van der Waals surface area contributed by atoms with Crippen LogP contribution in [0, 0.1) is 5.92 Å². The smallest absolute Gasteiger partial charge is 0.227 e. The molecule has 5 nitrogen and oxygen atoms in total. The second kappa shape index (κ2) is 8.23. The SMILES string of the molecule is COc1ccccc1CCNC(=O)C1CC(=O)N(c2ccccc2Cl)C1. The number of para-hydroxylation sites is 2.